The van der Waals surface area contributed by atoms with Crippen molar-refractivity contribution in [1.82, 2.24) is 4.90 Å². The predicted octanol–water partition coefficient (Wildman–Crippen LogP) is -1.09. The van der Waals surface area contributed by atoms with E-state index in [1.807, 2.05) is 0 Å². The summed E-state index contributed by atoms with van der Waals surface area (Å²) < 4.78 is 4.90. The van der Waals surface area contributed by atoms with Crippen molar-refractivity contribution in [2.24, 2.45) is 29.4 Å². The number of carbonyl (C=O) groups excluding carboxylic acids is 6. The Hall–Kier alpha value is -3.84. The number of esters is 1. The van der Waals surface area contributed by atoms with Crippen molar-refractivity contribution in [1.29, 1.82) is 0 Å². The fourth-order valence-corrected chi connectivity index (χ4v) is 6.57. The molecule has 0 aliphatic heterocycles. The number of aliphatic hydroxyl groups is 1. The molecule has 0 aromatic heterocycles. The third kappa shape index (κ3) is 4.24. The highest BCUT2D eigenvalue weighted by atomic mass is 16.5. The summed E-state index contributed by atoms with van der Waals surface area (Å²) in [7, 11) is 6.52. The van der Waals surface area contributed by atoms with Crippen LogP contribution in [-0.4, -0.2) is 103 Å². The van der Waals surface area contributed by atoms with Crippen LogP contribution >= 0.6 is 0 Å². The van der Waals surface area contributed by atoms with Crippen molar-refractivity contribution in [2.75, 3.05) is 51.6 Å². The number of likely N-dealkylation sites (N-methyl/N-ethyl adjacent to an activating group) is 1. The summed E-state index contributed by atoms with van der Waals surface area (Å²) in [5, 5.41) is 25.6. The van der Waals surface area contributed by atoms with Crippen LogP contribution in [0, 0.1) is 23.7 Å². The zero-order valence-electron chi connectivity index (χ0n) is 23.0. The van der Waals surface area contributed by atoms with Crippen molar-refractivity contribution >= 4 is 46.4 Å². The molecule has 0 heterocycles. The van der Waals surface area contributed by atoms with Gasteiger partial charge in [-0.1, -0.05) is 0 Å². The highest BCUT2D eigenvalue weighted by Crippen LogP contribution is 2.52. The molecule has 4 rings (SSSR count). The predicted molar refractivity (Wildman–Crippen MR) is 141 cm³/mol. The summed E-state index contributed by atoms with van der Waals surface area (Å²) in [6.07, 6.45) is 0.0887. The van der Waals surface area contributed by atoms with Crippen LogP contribution in [0.1, 0.15) is 29.3 Å². The van der Waals surface area contributed by atoms with Crippen LogP contribution in [0.2, 0.25) is 0 Å². The molecular formula is C27H34N4O9. The Morgan fingerprint density at radius 3 is 2.35 bits per heavy atom. The van der Waals surface area contributed by atoms with E-state index in [9.17, 15) is 39.0 Å². The van der Waals surface area contributed by atoms with Gasteiger partial charge in [-0.3, -0.25) is 33.7 Å². The lowest BCUT2D eigenvalue weighted by Gasteiger charge is -2.52. The number of aromatic hydroxyl groups is 1. The molecule has 1 aromatic carbocycles. The molecule has 5 N–H and O–H groups in total. The van der Waals surface area contributed by atoms with Gasteiger partial charge in [0.05, 0.1) is 29.8 Å². The quantitative estimate of drug-likeness (QED) is 0.179. The molecule has 5 unspecified atom stereocenters. The third-order valence-electron chi connectivity index (χ3n) is 8.25. The number of carbonyl (C=O) groups is 6. The highest BCUT2D eigenvalue weighted by Gasteiger charge is 2.69. The SMILES string of the molecule is CCOC(=O)CNc1cc(N(C)C)c2c(c1O)C(=O)C1C(=O)C3(O)C(=O)C(C(N)=O)C(=O)[C@@H](N(C)C)C3CC1C2. The second-order valence-electron chi connectivity index (χ2n) is 11.0. The van der Waals surface area contributed by atoms with Gasteiger partial charge in [-0.15, -0.1) is 0 Å². The van der Waals surface area contributed by atoms with E-state index in [4.69, 9.17) is 10.5 Å². The summed E-state index contributed by atoms with van der Waals surface area (Å²) in [5.41, 5.74) is 3.45. The number of ketones is 4. The Balaban J connectivity index is 1.83. The van der Waals surface area contributed by atoms with E-state index in [2.05, 4.69) is 5.32 Å². The summed E-state index contributed by atoms with van der Waals surface area (Å²) in [5.74, 6) is -11.8. The maximum atomic E-state index is 14.0. The van der Waals surface area contributed by atoms with Crippen LogP contribution in [0.15, 0.2) is 6.07 Å². The number of hydrogen-bond acceptors (Lipinski definition) is 12. The minimum atomic E-state index is -2.79. The minimum Gasteiger partial charge on any atom is -0.505 e. The first-order valence-corrected chi connectivity index (χ1v) is 13.0. The van der Waals surface area contributed by atoms with E-state index >= 15 is 0 Å². The number of primary amides is 1. The second kappa shape index (κ2) is 10.3. The van der Waals surface area contributed by atoms with Gasteiger partial charge >= 0.3 is 5.97 Å². The van der Waals surface area contributed by atoms with E-state index < -0.39 is 76.1 Å². The molecule has 0 radical (unpaired) electrons. The van der Waals surface area contributed by atoms with Gasteiger partial charge in [0.1, 0.15) is 12.3 Å². The average Bonchev–Trinajstić information content (AvgIpc) is 2.85. The standard InChI is InChI=1S/C27H34N4O9/c1-6-40-16(32)10-29-14-9-15(30(2)3)12-7-11-8-13-20(31(4)5)23(35)19(26(28)38)25(37)27(13,39)24(36)17(11)22(34)18(12)21(14)33/h9,11,13,17,19-20,29,33,39H,6-8,10H2,1-5H3,(H2,28,38)/t11?,13?,17?,19?,20-,27?/m0/s1. The number of phenols is 1. The van der Waals surface area contributed by atoms with Gasteiger partial charge in [-0.25, -0.2) is 0 Å². The summed E-state index contributed by atoms with van der Waals surface area (Å²) in [6, 6.07) is 0.410. The Bertz CT molecular complexity index is 1320. The molecule has 216 valence electrons. The van der Waals surface area contributed by atoms with Crippen molar-refractivity contribution in [2.45, 2.75) is 31.4 Å². The van der Waals surface area contributed by atoms with Crippen LogP contribution in [0.3, 0.4) is 0 Å². The first-order valence-electron chi connectivity index (χ1n) is 13.0. The third-order valence-corrected chi connectivity index (χ3v) is 8.25. The maximum Gasteiger partial charge on any atom is 0.325 e. The summed E-state index contributed by atoms with van der Waals surface area (Å²) >= 11 is 0. The molecule has 1 aromatic rings. The zero-order chi connectivity index (χ0) is 29.8. The maximum absolute atomic E-state index is 14.0. The number of ether oxygens (including phenoxy) is 1. The first-order chi connectivity index (χ1) is 18.7. The lowest BCUT2D eigenvalue weighted by atomic mass is 9.52. The van der Waals surface area contributed by atoms with E-state index in [0.717, 1.165) is 0 Å². The van der Waals surface area contributed by atoms with Crippen molar-refractivity contribution < 1.29 is 43.7 Å². The monoisotopic (exact) mass is 558 g/mol. The van der Waals surface area contributed by atoms with Crippen LogP contribution in [0.5, 0.6) is 5.75 Å². The van der Waals surface area contributed by atoms with Gasteiger partial charge in [0.25, 0.3) is 0 Å². The number of anilines is 2. The number of phenolic OH excluding ortho intramolecular Hbond substituents is 1. The van der Waals surface area contributed by atoms with Crippen molar-refractivity contribution in [3.8, 4) is 5.75 Å². The lowest BCUT2D eigenvalue weighted by Crippen LogP contribution is -2.74. The number of Topliss-reactive ketones (excluding diaryl/α,β-unsaturated/α-hetero) is 4. The van der Waals surface area contributed by atoms with Gasteiger partial charge in [-0.2, -0.15) is 0 Å². The van der Waals surface area contributed by atoms with Crippen LogP contribution in [0.25, 0.3) is 0 Å². The molecule has 0 bridgehead atoms. The van der Waals surface area contributed by atoms with Gasteiger partial charge < -0.3 is 30.9 Å². The average molecular weight is 559 g/mol. The molecular weight excluding hydrogens is 524 g/mol. The molecule has 13 nitrogen and oxygen atoms in total. The Morgan fingerprint density at radius 2 is 1.80 bits per heavy atom. The van der Waals surface area contributed by atoms with E-state index in [1.54, 1.807) is 32.0 Å². The minimum absolute atomic E-state index is 0.0413. The van der Waals surface area contributed by atoms with E-state index in [0.29, 0.717) is 11.3 Å². The molecule has 6 atom stereocenters. The van der Waals surface area contributed by atoms with Crippen LogP contribution < -0.4 is 16.0 Å². The topological polar surface area (TPSA) is 197 Å². The largest absolute Gasteiger partial charge is 0.505 e. The summed E-state index contributed by atoms with van der Waals surface area (Å²) in [6.45, 7) is 1.51. The number of fused-ring (bicyclic) bond motifs is 3. The van der Waals surface area contributed by atoms with Crippen LogP contribution in [-0.2, 0) is 35.1 Å². The van der Waals surface area contributed by atoms with Gasteiger partial charge in [0.15, 0.2) is 34.7 Å². The lowest BCUT2D eigenvalue weighted by molar-refractivity contribution is -0.181. The Labute approximate surface area is 230 Å². The molecule has 40 heavy (non-hydrogen) atoms. The molecule has 0 spiro atoms. The molecule has 2 fully saturated rings. The zero-order valence-corrected chi connectivity index (χ0v) is 23.0. The number of nitrogens with two attached hydrogens (primary N) is 1. The smallest absolute Gasteiger partial charge is 0.325 e. The Kier molecular flexibility index (Phi) is 7.50. The normalized spacial score (nSPS) is 29.4. The number of rotatable bonds is 7. The molecule has 0 saturated heterocycles. The highest BCUT2D eigenvalue weighted by molar-refractivity contribution is 6.32. The molecule has 3 aliphatic rings. The first kappa shape index (κ1) is 29.2. The molecule has 3 aliphatic carbocycles. The van der Waals surface area contributed by atoms with E-state index in [1.165, 1.54) is 19.0 Å². The van der Waals surface area contributed by atoms with Crippen LogP contribution in [0.4, 0.5) is 11.4 Å². The number of amides is 1. The fraction of sp³-hybridized carbons (Fsp3) is 0.556. The number of nitrogens with zero attached hydrogens (tertiary/aromatic N) is 2. The fourth-order valence-electron chi connectivity index (χ4n) is 6.57. The van der Waals surface area contributed by atoms with E-state index in [-0.39, 0.29) is 37.2 Å². The number of benzene rings is 1. The van der Waals surface area contributed by atoms with Gasteiger partial charge in [0.2, 0.25) is 5.91 Å². The van der Waals surface area contributed by atoms with Gasteiger partial charge in [0, 0.05) is 25.7 Å². The summed E-state index contributed by atoms with van der Waals surface area (Å²) in [4.78, 5) is 81.6. The van der Waals surface area contributed by atoms with Crippen molar-refractivity contribution in [3.05, 3.63) is 17.2 Å². The molecule has 13 heteroatoms. The number of nitrogens with one attached hydrogen (secondary N) is 1. The van der Waals surface area contributed by atoms with Gasteiger partial charge in [-0.05, 0) is 51.4 Å². The van der Waals surface area contributed by atoms with Crippen molar-refractivity contribution in [3.63, 3.8) is 0 Å². The number of hydrogen-bond donors (Lipinski definition) is 4. The molecule has 1 amide bonds. The molecule has 2 saturated carbocycles. The Morgan fingerprint density at radius 1 is 1.15 bits per heavy atom. The second-order valence-corrected chi connectivity index (χ2v) is 11.0.